The Labute approximate surface area is 82.7 Å². The Bertz CT molecular complexity index is 359. The van der Waals surface area contributed by atoms with Gasteiger partial charge in [-0.3, -0.25) is 4.18 Å². The second-order valence-electron chi connectivity index (χ2n) is 1.99. The summed E-state index contributed by atoms with van der Waals surface area (Å²) >= 11 is 4.63. The molecule has 0 atom stereocenters. The van der Waals surface area contributed by atoms with Crippen LogP contribution < -0.4 is 5.14 Å². The molecule has 68 valence electrons. The molecule has 1 aromatic heterocycles. The minimum absolute atomic E-state index is 0.00486. The Morgan fingerprint density at radius 2 is 2.33 bits per heavy atom. The Morgan fingerprint density at radius 1 is 1.67 bits per heavy atom. The highest BCUT2D eigenvalue weighted by Gasteiger charge is 2.04. The van der Waals surface area contributed by atoms with E-state index in [9.17, 15) is 8.42 Å². The van der Waals surface area contributed by atoms with Gasteiger partial charge in [-0.05, 0) is 22.0 Å². The first-order valence-corrected chi connectivity index (χ1v) is 6.02. The Morgan fingerprint density at radius 3 is 2.75 bits per heavy atom. The van der Waals surface area contributed by atoms with Crippen molar-refractivity contribution in [1.29, 1.82) is 0 Å². The van der Waals surface area contributed by atoms with E-state index in [1.54, 1.807) is 6.07 Å². The zero-order chi connectivity index (χ0) is 9.19. The lowest BCUT2D eigenvalue weighted by atomic mass is 10.5. The molecule has 0 aliphatic carbocycles. The lowest BCUT2D eigenvalue weighted by molar-refractivity contribution is 0.312. The topological polar surface area (TPSA) is 69.4 Å². The number of thiophene rings is 1. The molecule has 0 aliphatic heterocycles. The molecule has 0 radical (unpaired) electrons. The normalized spacial score (nSPS) is 11.8. The van der Waals surface area contributed by atoms with Crippen molar-refractivity contribution in [1.82, 2.24) is 0 Å². The zero-order valence-electron chi connectivity index (χ0n) is 5.86. The maximum atomic E-state index is 10.4. The van der Waals surface area contributed by atoms with Gasteiger partial charge in [-0.2, -0.15) is 8.42 Å². The van der Waals surface area contributed by atoms with Gasteiger partial charge in [-0.15, -0.1) is 11.3 Å². The molecule has 0 bridgehead atoms. The molecule has 1 rings (SSSR count). The Balaban J connectivity index is 2.55. The fourth-order valence-electron chi connectivity index (χ4n) is 0.570. The van der Waals surface area contributed by atoms with Gasteiger partial charge < -0.3 is 0 Å². The van der Waals surface area contributed by atoms with Crippen LogP contribution in [0.3, 0.4) is 0 Å². The van der Waals surface area contributed by atoms with E-state index in [-0.39, 0.29) is 6.61 Å². The highest BCUT2D eigenvalue weighted by atomic mass is 79.9. The Kier molecular flexibility index (Phi) is 3.24. The van der Waals surface area contributed by atoms with Crippen LogP contribution in [-0.4, -0.2) is 8.42 Å². The minimum atomic E-state index is -3.82. The molecule has 12 heavy (non-hydrogen) atoms. The molecule has 0 saturated carbocycles. The van der Waals surface area contributed by atoms with Crippen LogP contribution in [0.25, 0.3) is 0 Å². The molecule has 7 heteroatoms. The molecule has 0 aromatic carbocycles. The van der Waals surface area contributed by atoms with Crippen molar-refractivity contribution < 1.29 is 12.6 Å². The second-order valence-corrected chi connectivity index (χ2v) is 5.12. The van der Waals surface area contributed by atoms with Crippen LogP contribution >= 0.6 is 27.3 Å². The van der Waals surface area contributed by atoms with E-state index in [1.807, 2.05) is 5.38 Å². The number of halogens is 1. The smallest absolute Gasteiger partial charge is 0.253 e. The van der Waals surface area contributed by atoms with E-state index >= 15 is 0 Å². The third-order valence-electron chi connectivity index (χ3n) is 0.987. The highest BCUT2D eigenvalue weighted by molar-refractivity contribution is 9.10. The molecule has 1 aromatic rings. The number of hydrogen-bond donors (Lipinski definition) is 1. The molecule has 0 amide bonds. The molecule has 0 saturated heterocycles. The average Bonchev–Trinajstić information content (AvgIpc) is 2.30. The van der Waals surface area contributed by atoms with Gasteiger partial charge in [0, 0.05) is 14.7 Å². The largest absolute Gasteiger partial charge is 0.333 e. The van der Waals surface area contributed by atoms with Gasteiger partial charge >= 0.3 is 10.3 Å². The van der Waals surface area contributed by atoms with Gasteiger partial charge in [0.05, 0.1) is 0 Å². The van der Waals surface area contributed by atoms with Crippen molar-refractivity contribution >= 4 is 37.6 Å². The van der Waals surface area contributed by atoms with Crippen LogP contribution in [-0.2, 0) is 21.1 Å². The van der Waals surface area contributed by atoms with Gasteiger partial charge in [0.2, 0.25) is 0 Å². The molecule has 0 aliphatic rings. The predicted molar refractivity (Wildman–Crippen MR) is 49.9 cm³/mol. The van der Waals surface area contributed by atoms with Crippen LogP contribution in [0, 0.1) is 0 Å². The summed E-state index contributed by atoms with van der Waals surface area (Å²) in [7, 11) is -3.82. The number of rotatable bonds is 3. The van der Waals surface area contributed by atoms with E-state index in [0.717, 1.165) is 9.35 Å². The first-order valence-electron chi connectivity index (χ1n) is 2.87. The average molecular weight is 272 g/mol. The molecule has 1 heterocycles. The van der Waals surface area contributed by atoms with Crippen molar-refractivity contribution in [2.45, 2.75) is 6.61 Å². The standard InChI is InChI=1S/C5H6BrNO3S2/c6-4-1-5(11-3-4)2-10-12(7,8)9/h1,3H,2H2,(H2,7,8,9). The summed E-state index contributed by atoms with van der Waals surface area (Å²) < 4.78 is 26.0. The van der Waals surface area contributed by atoms with Crippen molar-refractivity contribution in [2.24, 2.45) is 5.14 Å². The van der Waals surface area contributed by atoms with E-state index in [4.69, 9.17) is 0 Å². The minimum Gasteiger partial charge on any atom is -0.253 e. The van der Waals surface area contributed by atoms with Crippen LogP contribution in [0.15, 0.2) is 15.9 Å². The van der Waals surface area contributed by atoms with Gasteiger partial charge in [0.25, 0.3) is 0 Å². The van der Waals surface area contributed by atoms with Crippen molar-refractivity contribution in [3.05, 3.63) is 20.8 Å². The molecule has 2 N–H and O–H groups in total. The molecule has 0 fully saturated rings. The summed E-state index contributed by atoms with van der Waals surface area (Å²) in [4.78, 5) is 0.802. The lowest BCUT2D eigenvalue weighted by Gasteiger charge is -1.96. The first kappa shape index (κ1) is 10.1. The summed E-state index contributed by atoms with van der Waals surface area (Å²) in [6, 6.07) is 1.77. The second kappa shape index (κ2) is 3.84. The van der Waals surface area contributed by atoms with Crippen molar-refractivity contribution in [3.8, 4) is 0 Å². The first-order chi connectivity index (χ1) is 5.47. The monoisotopic (exact) mass is 271 g/mol. The van der Waals surface area contributed by atoms with Crippen molar-refractivity contribution in [3.63, 3.8) is 0 Å². The van der Waals surface area contributed by atoms with Gasteiger partial charge in [-0.25, -0.2) is 5.14 Å². The molecular weight excluding hydrogens is 266 g/mol. The summed E-state index contributed by atoms with van der Waals surface area (Å²) in [5.41, 5.74) is 0. The van der Waals surface area contributed by atoms with Crippen LogP contribution in [0.2, 0.25) is 0 Å². The van der Waals surface area contributed by atoms with Gasteiger partial charge in [0.15, 0.2) is 0 Å². The fourth-order valence-corrected chi connectivity index (χ4v) is 2.30. The summed E-state index contributed by atoms with van der Waals surface area (Å²) in [6.07, 6.45) is 0. The maximum absolute atomic E-state index is 10.4. The molecule has 4 nitrogen and oxygen atoms in total. The van der Waals surface area contributed by atoms with E-state index in [2.05, 4.69) is 25.3 Å². The SMILES string of the molecule is NS(=O)(=O)OCc1cc(Br)cs1. The number of nitrogens with two attached hydrogens (primary N) is 1. The molecular formula is C5H6BrNO3S2. The third kappa shape index (κ3) is 3.63. The van der Waals surface area contributed by atoms with Gasteiger partial charge in [0.1, 0.15) is 6.61 Å². The van der Waals surface area contributed by atoms with Gasteiger partial charge in [-0.1, -0.05) is 0 Å². The predicted octanol–water partition coefficient (Wildman–Crippen LogP) is 1.23. The zero-order valence-corrected chi connectivity index (χ0v) is 9.08. The summed E-state index contributed by atoms with van der Waals surface area (Å²) in [6.45, 7) is -0.00486. The lowest BCUT2D eigenvalue weighted by Crippen LogP contribution is -2.15. The highest BCUT2D eigenvalue weighted by Crippen LogP contribution is 2.20. The summed E-state index contributed by atoms with van der Waals surface area (Å²) in [5, 5.41) is 6.47. The summed E-state index contributed by atoms with van der Waals surface area (Å²) in [5.74, 6) is 0. The van der Waals surface area contributed by atoms with E-state index < -0.39 is 10.3 Å². The molecule has 0 spiro atoms. The van der Waals surface area contributed by atoms with E-state index in [0.29, 0.717) is 0 Å². The quantitative estimate of drug-likeness (QED) is 0.899. The third-order valence-corrected chi connectivity index (χ3v) is 3.10. The number of hydrogen-bond acceptors (Lipinski definition) is 4. The van der Waals surface area contributed by atoms with Crippen molar-refractivity contribution in [2.75, 3.05) is 0 Å². The fraction of sp³-hybridized carbons (Fsp3) is 0.200. The maximum Gasteiger partial charge on any atom is 0.333 e. The molecule has 0 unspecified atom stereocenters. The van der Waals surface area contributed by atoms with Crippen LogP contribution in [0.4, 0.5) is 0 Å². The Hall–Kier alpha value is 0.0500. The van der Waals surface area contributed by atoms with Crippen LogP contribution in [0.1, 0.15) is 4.88 Å². The van der Waals surface area contributed by atoms with E-state index in [1.165, 1.54) is 11.3 Å². The van der Waals surface area contributed by atoms with Crippen LogP contribution in [0.5, 0.6) is 0 Å².